The Morgan fingerprint density at radius 3 is 2.90 bits per heavy atom. The zero-order valence-electron chi connectivity index (χ0n) is 5.24. The van der Waals surface area contributed by atoms with Crippen LogP contribution >= 0.6 is 15.9 Å². The van der Waals surface area contributed by atoms with Crippen LogP contribution in [-0.2, 0) is 0 Å². The number of hydrogen-bond donors (Lipinski definition) is 1. The van der Waals surface area contributed by atoms with Gasteiger partial charge in [0, 0.05) is 17.7 Å². The number of aromatic nitrogens is 2. The smallest absolute Gasteiger partial charge is 0.107 e. The summed E-state index contributed by atoms with van der Waals surface area (Å²) >= 11 is 3.13. The van der Waals surface area contributed by atoms with Gasteiger partial charge in [0.05, 0.1) is 11.9 Å². The number of nitrogens with zero attached hydrogens (tertiary/aromatic N) is 2. The van der Waals surface area contributed by atoms with E-state index >= 15 is 0 Å². The van der Waals surface area contributed by atoms with Gasteiger partial charge in [0.2, 0.25) is 0 Å². The molecule has 0 bridgehead atoms. The fourth-order valence-corrected chi connectivity index (χ4v) is 0.893. The van der Waals surface area contributed by atoms with Crippen molar-refractivity contribution in [2.45, 2.75) is 6.10 Å². The number of aliphatic hydroxyl groups excluding tert-OH is 1. The van der Waals surface area contributed by atoms with Gasteiger partial charge < -0.3 is 5.11 Å². The Morgan fingerprint density at radius 1 is 1.60 bits per heavy atom. The third-order valence-electron chi connectivity index (χ3n) is 1.07. The quantitative estimate of drug-likeness (QED) is 0.726. The molecule has 1 rings (SSSR count). The van der Waals surface area contributed by atoms with E-state index in [2.05, 4.69) is 25.9 Å². The van der Waals surface area contributed by atoms with E-state index < -0.39 is 6.10 Å². The van der Waals surface area contributed by atoms with Crippen molar-refractivity contribution in [3.05, 3.63) is 24.3 Å². The largest absolute Gasteiger partial charge is 0.386 e. The monoisotopic (exact) mass is 202 g/mol. The number of alkyl halides is 1. The highest BCUT2D eigenvalue weighted by molar-refractivity contribution is 9.09. The summed E-state index contributed by atoms with van der Waals surface area (Å²) in [5.41, 5.74) is 0.597. The van der Waals surface area contributed by atoms with Gasteiger partial charge in [-0.1, -0.05) is 15.9 Å². The van der Waals surface area contributed by atoms with E-state index in [4.69, 9.17) is 0 Å². The molecule has 3 nitrogen and oxygen atoms in total. The van der Waals surface area contributed by atoms with E-state index in [0.717, 1.165) is 0 Å². The van der Waals surface area contributed by atoms with Gasteiger partial charge in [0.25, 0.3) is 0 Å². The molecular formula is C6H7BrN2O. The lowest BCUT2D eigenvalue weighted by Crippen LogP contribution is -2.00. The highest BCUT2D eigenvalue weighted by Crippen LogP contribution is 2.09. The Hall–Kier alpha value is -0.480. The molecule has 4 heteroatoms. The van der Waals surface area contributed by atoms with Crippen LogP contribution in [0.2, 0.25) is 0 Å². The van der Waals surface area contributed by atoms with E-state index in [9.17, 15) is 5.11 Å². The molecule has 0 aliphatic heterocycles. The fourth-order valence-electron chi connectivity index (χ4n) is 0.562. The van der Waals surface area contributed by atoms with Crippen LogP contribution in [0.25, 0.3) is 0 Å². The summed E-state index contributed by atoms with van der Waals surface area (Å²) < 4.78 is 0. The molecule has 0 spiro atoms. The minimum absolute atomic E-state index is 0.492. The van der Waals surface area contributed by atoms with Crippen LogP contribution in [0, 0.1) is 0 Å². The van der Waals surface area contributed by atoms with Crippen LogP contribution in [-0.4, -0.2) is 20.4 Å². The summed E-state index contributed by atoms with van der Waals surface area (Å²) in [7, 11) is 0. The Bertz CT molecular complexity index is 192. The molecule has 1 aromatic heterocycles. The number of hydrogen-bond acceptors (Lipinski definition) is 3. The van der Waals surface area contributed by atoms with Crippen molar-refractivity contribution in [2.75, 3.05) is 5.33 Å². The molecule has 0 radical (unpaired) electrons. The maximum absolute atomic E-state index is 9.18. The van der Waals surface area contributed by atoms with Crippen LogP contribution < -0.4 is 0 Å². The molecule has 0 unspecified atom stereocenters. The molecule has 1 N–H and O–H groups in total. The molecule has 0 saturated heterocycles. The second-order valence-corrected chi connectivity index (χ2v) is 2.45. The van der Waals surface area contributed by atoms with Crippen molar-refractivity contribution in [1.29, 1.82) is 0 Å². The molecule has 1 atom stereocenters. The first-order valence-electron chi connectivity index (χ1n) is 2.84. The van der Waals surface area contributed by atoms with Crippen LogP contribution in [0.1, 0.15) is 11.8 Å². The second-order valence-electron chi connectivity index (χ2n) is 1.80. The Balaban J connectivity index is 2.75. The zero-order valence-corrected chi connectivity index (χ0v) is 6.82. The number of halogens is 1. The lowest BCUT2D eigenvalue weighted by molar-refractivity contribution is 0.200. The number of aliphatic hydroxyl groups is 1. The van der Waals surface area contributed by atoms with Crippen molar-refractivity contribution >= 4 is 15.9 Å². The van der Waals surface area contributed by atoms with Crippen molar-refractivity contribution in [2.24, 2.45) is 0 Å². The molecule has 0 amide bonds. The van der Waals surface area contributed by atoms with Crippen LogP contribution in [0.15, 0.2) is 18.6 Å². The number of rotatable bonds is 2. The Kier molecular flexibility index (Phi) is 2.77. The lowest BCUT2D eigenvalue weighted by atomic mass is 10.3. The van der Waals surface area contributed by atoms with Gasteiger partial charge in [0.1, 0.15) is 6.10 Å². The minimum atomic E-state index is -0.548. The van der Waals surface area contributed by atoms with Gasteiger partial charge in [-0.2, -0.15) is 0 Å². The molecule has 0 aromatic carbocycles. The van der Waals surface area contributed by atoms with E-state index in [0.29, 0.717) is 11.0 Å². The Morgan fingerprint density at radius 2 is 2.40 bits per heavy atom. The van der Waals surface area contributed by atoms with Gasteiger partial charge in [-0.25, -0.2) is 0 Å². The van der Waals surface area contributed by atoms with Crippen molar-refractivity contribution in [3.8, 4) is 0 Å². The molecule has 0 fully saturated rings. The standard InChI is InChI=1S/C6H7BrN2O/c7-3-6(10)5-4-8-1-2-9-5/h1-2,4,6,10H,3H2/t6-/m0/s1. The predicted molar refractivity (Wildman–Crippen MR) is 40.8 cm³/mol. The van der Waals surface area contributed by atoms with Crippen molar-refractivity contribution in [3.63, 3.8) is 0 Å². The lowest BCUT2D eigenvalue weighted by Gasteiger charge is -2.02. The summed E-state index contributed by atoms with van der Waals surface area (Å²) in [5, 5.41) is 9.67. The second kappa shape index (κ2) is 3.63. The summed E-state index contributed by atoms with van der Waals surface area (Å²) in [6, 6.07) is 0. The van der Waals surface area contributed by atoms with Gasteiger partial charge in [-0.3, -0.25) is 9.97 Å². The summed E-state index contributed by atoms with van der Waals surface area (Å²) in [6.07, 6.45) is 4.13. The fraction of sp³-hybridized carbons (Fsp3) is 0.333. The van der Waals surface area contributed by atoms with E-state index in [-0.39, 0.29) is 0 Å². The highest BCUT2D eigenvalue weighted by Gasteiger charge is 2.04. The Labute approximate surface area is 67.3 Å². The van der Waals surface area contributed by atoms with Crippen LogP contribution in [0.3, 0.4) is 0 Å². The molecule has 0 aliphatic carbocycles. The van der Waals surface area contributed by atoms with E-state index in [1.165, 1.54) is 0 Å². The first-order valence-corrected chi connectivity index (χ1v) is 3.96. The average molecular weight is 203 g/mol. The molecule has 10 heavy (non-hydrogen) atoms. The van der Waals surface area contributed by atoms with Gasteiger partial charge in [-0.15, -0.1) is 0 Å². The normalized spacial score (nSPS) is 13.0. The topological polar surface area (TPSA) is 46.0 Å². The van der Waals surface area contributed by atoms with Gasteiger partial charge in [-0.05, 0) is 0 Å². The van der Waals surface area contributed by atoms with Crippen LogP contribution in [0.5, 0.6) is 0 Å². The maximum Gasteiger partial charge on any atom is 0.107 e. The van der Waals surface area contributed by atoms with Crippen molar-refractivity contribution < 1.29 is 5.11 Å². The molecule has 1 aromatic rings. The maximum atomic E-state index is 9.18. The molecule has 0 aliphatic rings. The summed E-state index contributed by atoms with van der Waals surface area (Å²) in [6.45, 7) is 0. The minimum Gasteiger partial charge on any atom is -0.386 e. The molecule has 0 saturated carbocycles. The SMILES string of the molecule is O[C@@H](CBr)c1cnccn1. The van der Waals surface area contributed by atoms with Crippen molar-refractivity contribution in [1.82, 2.24) is 9.97 Å². The summed E-state index contributed by atoms with van der Waals surface area (Å²) in [4.78, 5) is 7.72. The zero-order chi connectivity index (χ0) is 7.40. The van der Waals surface area contributed by atoms with Gasteiger partial charge in [0.15, 0.2) is 0 Å². The first kappa shape index (κ1) is 7.63. The summed E-state index contributed by atoms with van der Waals surface area (Å²) in [5.74, 6) is 0. The third-order valence-corrected chi connectivity index (χ3v) is 1.68. The van der Waals surface area contributed by atoms with Gasteiger partial charge >= 0.3 is 0 Å². The molecule has 54 valence electrons. The average Bonchev–Trinajstić information content (AvgIpc) is 2.05. The van der Waals surface area contributed by atoms with Crippen LogP contribution in [0.4, 0.5) is 0 Å². The van der Waals surface area contributed by atoms with E-state index in [1.54, 1.807) is 18.6 Å². The molecule has 1 heterocycles. The molecular weight excluding hydrogens is 196 g/mol. The first-order chi connectivity index (χ1) is 4.84. The predicted octanol–water partition coefficient (Wildman–Crippen LogP) is 0.905. The highest BCUT2D eigenvalue weighted by atomic mass is 79.9. The third kappa shape index (κ3) is 1.75. The van der Waals surface area contributed by atoms with E-state index in [1.807, 2.05) is 0 Å².